The van der Waals surface area contributed by atoms with Gasteiger partial charge in [-0.2, -0.15) is 0 Å². The van der Waals surface area contributed by atoms with Gasteiger partial charge in [0.05, 0.1) is 6.10 Å². The first kappa shape index (κ1) is 16.0. The van der Waals surface area contributed by atoms with Crippen LogP contribution in [0.25, 0.3) is 0 Å². The monoisotopic (exact) mass is 254 g/mol. The fourth-order valence-corrected chi connectivity index (χ4v) is 4.12. The zero-order valence-electron chi connectivity index (χ0n) is 13.7. The van der Waals surface area contributed by atoms with Gasteiger partial charge in [0.15, 0.2) is 0 Å². The summed E-state index contributed by atoms with van der Waals surface area (Å²) in [6, 6.07) is 0. The van der Waals surface area contributed by atoms with Crippen molar-refractivity contribution in [3.05, 3.63) is 0 Å². The van der Waals surface area contributed by atoms with E-state index in [0.29, 0.717) is 17.8 Å². The summed E-state index contributed by atoms with van der Waals surface area (Å²) < 4.78 is 0. The molecule has 1 fully saturated rings. The van der Waals surface area contributed by atoms with Gasteiger partial charge in [0.25, 0.3) is 0 Å². The lowest BCUT2D eigenvalue weighted by Crippen LogP contribution is -2.54. The normalized spacial score (nSPS) is 40.5. The van der Waals surface area contributed by atoms with Gasteiger partial charge in [-0.05, 0) is 47.3 Å². The zero-order chi connectivity index (χ0) is 14.3. The fourth-order valence-electron chi connectivity index (χ4n) is 4.12. The molecule has 0 aliphatic heterocycles. The lowest BCUT2D eigenvalue weighted by Gasteiger charge is -2.58. The minimum atomic E-state index is -0.143. The molecular formula is C17H34O. The Bertz CT molecular complexity index is 279. The molecule has 1 aliphatic rings. The maximum atomic E-state index is 10.4. The SMILES string of the molecule is CC(C)C[C@H]1C(C)(C)[C@@H](C)[C@H](O)C[C@]1(C)C(C)C. The van der Waals surface area contributed by atoms with E-state index < -0.39 is 0 Å². The van der Waals surface area contributed by atoms with Crippen molar-refractivity contribution in [2.24, 2.45) is 34.5 Å². The molecular weight excluding hydrogens is 220 g/mol. The van der Waals surface area contributed by atoms with E-state index in [-0.39, 0.29) is 16.9 Å². The topological polar surface area (TPSA) is 20.2 Å². The molecule has 0 saturated heterocycles. The van der Waals surface area contributed by atoms with Crippen LogP contribution < -0.4 is 0 Å². The Morgan fingerprint density at radius 1 is 1.11 bits per heavy atom. The molecule has 0 amide bonds. The Kier molecular flexibility index (Phi) is 4.58. The first-order valence-corrected chi connectivity index (χ1v) is 7.71. The number of aliphatic hydroxyl groups is 1. The summed E-state index contributed by atoms with van der Waals surface area (Å²) in [6.07, 6.45) is 2.10. The maximum Gasteiger partial charge on any atom is 0.0576 e. The summed E-state index contributed by atoms with van der Waals surface area (Å²) in [5, 5.41) is 10.4. The van der Waals surface area contributed by atoms with Gasteiger partial charge in [0.1, 0.15) is 0 Å². The number of hydrogen-bond acceptors (Lipinski definition) is 1. The van der Waals surface area contributed by atoms with E-state index in [1.54, 1.807) is 0 Å². The third-order valence-corrected chi connectivity index (χ3v) is 6.12. The highest BCUT2D eigenvalue weighted by atomic mass is 16.3. The van der Waals surface area contributed by atoms with Gasteiger partial charge in [-0.3, -0.25) is 0 Å². The average molecular weight is 254 g/mol. The third kappa shape index (κ3) is 2.61. The number of rotatable bonds is 3. The molecule has 0 radical (unpaired) electrons. The van der Waals surface area contributed by atoms with Gasteiger partial charge in [0, 0.05) is 0 Å². The van der Waals surface area contributed by atoms with Gasteiger partial charge in [-0.15, -0.1) is 0 Å². The highest BCUT2D eigenvalue weighted by Crippen LogP contribution is 2.58. The zero-order valence-corrected chi connectivity index (χ0v) is 13.7. The average Bonchev–Trinajstić information content (AvgIpc) is 2.21. The maximum absolute atomic E-state index is 10.4. The summed E-state index contributed by atoms with van der Waals surface area (Å²) >= 11 is 0. The number of aliphatic hydroxyl groups excluding tert-OH is 1. The molecule has 0 heterocycles. The Morgan fingerprint density at radius 2 is 1.61 bits per heavy atom. The quantitative estimate of drug-likeness (QED) is 0.771. The predicted octanol–water partition coefficient (Wildman–Crippen LogP) is 4.74. The van der Waals surface area contributed by atoms with E-state index in [1.165, 1.54) is 6.42 Å². The first-order valence-electron chi connectivity index (χ1n) is 7.71. The Hall–Kier alpha value is -0.0400. The van der Waals surface area contributed by atoms with Gasteiger partial charge < -0.3 is 5.11 Å². The minimum absolute atomic E-state index is 0.143. The molecule has 1 aliphatic carbocycles. The first-order chi connectivity index (χ1) is 8.03. The third-order valence-electron chi connectivity index (χ3n) is 6.12. The summed E-state index contributed by atoms with van der Waals surface area (Å²) in [7, 11) is 0. The predicted molar refractivity (Wildman–Crippen MR) is 79.5 cm³/mol. The van der Waals surface area contributed by atoms with Crippen molar-refractivity contribution in [1.29, 1.82) is 0 Å². The van der Waals surface area contributed by atoms with Crippen LogP contribution in [0.3, 0.4) is 0 Å². The van der Waals surface area contributed by atoms with Gasteiger partial charge in [-0.1, -0.05) is 55.4 Å². The molecule has 0 bridgehead atoms. The van der Waals surface area contributed by atoms with Crippen molar-refractivity contribution < 1.29 is 5.11 Å². The smallest absolute Gasteiger partial charge is 0.0576 e. The van der Waals surface area contributed by atoms with E-state index in [9.17, 15) is 5.11 Å². The molecule has 1 saturated carbocycles. The largest absolute Gasteiger partial charge is 0.393 e. The van der Waals surface area contributed by atoms with Crippen LogP contribution in [-0.4, -0.2) is 11.2 Å². The van der Waals surface area contributed by atoms with E-state index in [2.05, 4.69) is 55.4 Å². The van der Waals surface area contributed by atoms with Crippen molar-refractivity contribution in [3.63, 3.8) is 0 Å². The highest BCUT2D eigenvalue weighted by Gasteiger charge is 2.53. The van der Waals surface area contributed by atoms with Crippen LogP contribution in [0.4, 0.5) is 0 Å². The highest BCUT2D eigenvalue weighted by molar-refractivity contribution is 5.02. The van der Waals surface area contributed by atoms with Gasteiger partial charge in [0.2, 0.25) is 0 Å². The molecule has 1 rings (SSSR count). The summed E-state index contributed by atoms with van der Waals surface area (Å²) in [5.41, 5.74) is 0.487. The van der Waals surface area contributed by atoms with E-state index in [1.807, 2.05) is 0 Å². The van der Waals surface area contributed by atoms with Crippen LogP contribution in [0.15, 0.2) is 0 Å². The lowest BCUT2D eigenvalue weighted by molar-refractivity contribution is -0.135. The molecule has 1 heteroatoms. The van der Waals surface area contributed by atoms with E-state index in [0.717, 1.165) is 12.3 Å². The second kappa shape index (κ2) is 5.15. The Morgan fingerprint density at radius 3 is 2.00 bits per heavy atom. The van der Waals surface area contributed by atoms with E-state index >= 15 is 0 Å². The Balaban J connectivity index is 3.16. The van der Waals surface area contributed by atoms with Gasteiger partial charge >= 0.3 is 0 Å². The standard InChI is InChI=1S/C17H34O/c1-11(2)9-15-16(6,7)13(5)14(18)10-17(15,8)12(3)4/h11-15,18H,9-10H2,1-8H3/t13-,14+,15-,17+/m0/s1. The molecule has 1 nitrogen and oxygen atoms in total. The number of hydrogen-bond donors (Lipinski definition) is 1. The second-order valence-electron chi connectivity index (χ2n) is 8.22. The van der Waals surface area contributed by atoms with Crippen molar-refractivity contribution in [2.75, 3.05) is 0 Å². The minimum Gasteiger partial charge on any atom is -0.393 e. The summed E-state index contributed by atoms with van der Waals surface area (Å²) in [6.45, 7) is 18.7. The van der Waals surface area contributed by atoms with Crippen LogP contribution in [0.2, 0.25) is 0 Å². The van der Waals surface area contributed by atoms with Crippen LogP contribution in [-0.2, 0) is 0 Å². The Labute approximate surface area is 114 Å². The van der Waals surface area contributed by atoms with E-state index in [4.69, 9.17) is 0 Å². The lowest BCUT2D eigenvalue weighted by atomic mass is 9.48. The second-order valence-corrected chi connectivity index (χ2v) is 8.22. The molecule has 1 N–H and O–H groups in total. The van der Waals surface area contributed by atoms with Crippen molar-refractivity contribution >= 4 is 0 Å². The molecule has 0 aromatic carbocycles. The van der Waals surface area contributed by atoms with Crippen LogP contribution in [0.1, 0.15) is 68.2 Å². The molecule has 18 heavy (non-hydrogen) atoms. The molecule has 0 aromatic rings. The molecule has 0 unspecified atom stereocenters. The summed E-state index contributed by atoms with van der Waals surface area (Å²) in [4.78, 5) is 0. The van der Waals surface area contributed by atoms with Crippen LogP contribution >= 0.6 is 0 Å². The fraction of sp³-hybridized carbons (Fsp3) is 1.00. The molecule has 4 atom stereocenters. The van der Waals surface area contributed by atoms with Crippen LogP contribution in [0, 0.1) is 34.5 Å². The molecule has 0 spiro atoms. The van der Waals surface area contributed by atoms with Gasteiger partial charge in [-0.25, -0.2) is 0 Å². The van der Waals surface area contributed by atoms with Crippen molar-refractivity contribution in [2.45, 2.75) is 74.3 Å². The van der Waals surface area contributed by atoms with Crippen molar-refractivity contribution in [3.8, 4) is 0 Å². The van der Waals surface area contributed by atoms with Crippen molar-refractivity contribution in [1.82, 2.24) is 0 Å². The molecule has 108 valence electrons. The summed E-state index contributed by atoms with van der Waals surface area (Å²) in [5.74, 6) is 2.45. The molecule has 0 aromatic heterocycles. The van der Waals surface area contributed by atoms with Crippen LogP contribution in [0.5, 0.6) is 0 Å².